The number of pyridine rings is 1. The monoisotopic (exact) mass is 445 g/mol. The molecule has 0 amide bonds. The summed E-state index contributed by atoms with van der Waals surface area (Å²) in [6, 6.07) is 9.78. The SMILES string of the molecule is [2H]C([2H])([2H])c1c[n+](C)c(-c2c(C)ccc3c2oc2cc4nc(OC)ncc4cc23)cc1C([2H])([2H])C(C)(C)C. The van der Waals surface area contributed by atoms with Crippen molar-refractivity contribution in [1.82, 2.24) is 9.97 Å². The van der Waals surface area contributed by atoms with E-state index in [0.29, 0.717) is 22.4 Å². The number of benzene rings is 2. The minimum Gasteiger partial charge on any atom is -0.467 e. The van der Waals surface area contributed by atoms with Gasteiger partial charge in [-0.15, -0.1) is 0 Å². The smallest absolute Gasteiger partial charge is 0.316 e. The topological polar surface area (TPSA) is 52.0 Å². The van der Waals surface area contributed by atoms with Crippen LogP contribution in [-0.2, 0) is 13.4 Å². The third kappa shape index (κ3) is 3.71. The predicted octanol–water partition coefficient (Wildman–Crippen LogP) is 6.23. The minimum absolute atomic E-state index is 0.00289. The molecule has 0 aliphatic heterocycles. The Morgan fingerprint density at radius 1 is 1.15 bits per heavy atom. The molecule has 5 rings (SSSR count). The number of hydrogen-bond acceptors (Lipinski definition) is 4. The average molecular weight is 446 g/mol. The van der Waals surface area contributed by atoms with Crippen LogP contribution in [0.3, 0.4) is 0 Å². The molecular formula is C28H30N3O2+. The summed E-state index contributed by atoms with van der Waals surface area (Å²) in [6.07, 6.45) is 1.33. The van der Waals surface area contributed by atoms with Gasteiger partial charge in [-0.3, -0.25) is 0 Å². The molecule has 0 spiro atoms. The van der Waals surface area contributed by atoms with Crippen LogP contribution >= 0.6 is 0 Å². The molecular weight excluding hydrogens is 410 g/mol. The highest BCUT2D eigenvalue weighted by Crippen LogP contribution is 2.39. The fraction of sp³-hybridized carbons (Fsp3) is 0.321. The molecule has 5 aromatic rings. The summed E-state index contributed by atoms with van der Waals surface area (Å²) in [4.78, 5) is 8.65. The summed E-state index contributed by atoms with van der Waals surface area (Å²) < 4.78 is 55.6. The molecule has 0 aliphatic rings. The maximum Gasteiger partial charge on any atom is 0.316 e. The number of rotatable bonds is 3. The Bertz CT molecular complexity index is 1730. The van der Waals surface area contributed by atoms with Crippen molar-refractivity contribution in [2.45, 2.75) is 40.9 Å². The largest absolute Gasteiger partial charge is 0.467 e. The van der Waals surface area contributed by atoms with Gasteiger partial charge in [0, 0.05) is 46.9 Å². The minimum atomic E-state index is -2.48. The summed E-state index contributed by atoms with van der Waals surface area (Å²) in [7, 11) is 3.29. The van der Waals surface area contributed by atoms with Gasteiger partial charge in [-0.1, -0.05) is 32.9 Å². The van der Waals surface area contributed by atoms with Crippen molar-refractivity contribution in [3.63, 3.8) is 0 Å². The number of methoxy groups -OCH3 is 1. The van der Waals surface area contributed by atoms with Crippen LogP contribution in [-0.4, -0.2) is 17.1 Å². The molecule has 0 bridgehead atoms. The molecule has 3 heterocycles. The van der Waals surface area contributed by atoms with Crippen LogP contribution < -0.4 is 9.30 Å². The highest BCUT2D eigenvalue weighted by atomic mass is 16.5. The summed E-state index contributed by atoms with van der Waals surface area (Å²) in [6.45, 7) is 4.81. The first-order valence-corrected chi connectivity index (χ1v) is 10.8. The zero-order valence-electron chi connectivity index (χ0n) is 24.7. The van der Waals surface area contributed by atoms with Crippen LogP contribution in [0.1, 0.15) is 44.3 Å². The van der Waals surface area contributed by atoms with Crippen LogP contribution in [0.2, 0.25) is 0 Å². The van der Waals surface area contributed by atoms with Gasteiger partial charge in [0.15, 0.2) is 6.20 Å². The van der Waals surface area contributed by atoms with E-state index in [1.807, 2.05) is 31.2 Å². The third-order valence-electron chi connectivity index (χ3n) is 5.75. The van der Waals surface area contributed by atoms with Gasteiger partial charge in [0.2, 0.25) is 5.69 Å². The lowest BCUT2D eigenvalue weighted by Gasteiger charge is -2.19. The van der Waals surface area contributed by atoms with Crippen molar-refractivity contribution in [2.24, 2.45) is 12.5 Å². The van der Waals surface area contributed by atoms with Crippen LogP contribution in [0.25, 0.3) is 44.1 Å². The lowest BCUT2D eigenvalue weighted by Crippen LogP contribution is -2.32. The van der Waals surface area contributed by atoms with Gasteiger partial charge in [-0.25, -0.2) is 9.55 Å². The van der Waals surface area contributed by atoms with Crippen molar-refractivity contribution >= 4 is 32.8 Å². The Labute approximate surface area is 201 Å². The molecule has 3 aromatic heterocycles. The second-order valence-corrected chi connectivity index (χ2v) is 9.47. The average Bonchev–Trinajstić information content (AvgIpc) is 3.18. The van der Waals surface area contributed by atoms with Gasteiger partial charge in [0.05, 0.1) is 18.2 Å². The molecule has 0 saturated carbocycles. The molecule has 5 heteroatoms. The van der Waals surface area contributed by atoms with Crippen molar-refractivity contribution in [3.8, 4) is 17.3 Å². The van der Waals surface area contributed by atoms with Crippen LogP contribution in [0.15, 0.2) is 47.1 Å². The Balaban J connectivity index is 1.84. The Kier molecular flexibility index (Phi) is 3.70. The number of ether oxygens (including phenoxy) is 1. The van der Waals surface area contributed by atoms with Gasteiger partial charge < -0.3 is 9.15 Å². The van der Waals surface area contributed by atoms with Crippen LogP contribution in [0, 0.1) is 19.2 Å². The number of fused-ring (bicyclic) bond motifs is 4. The van der Waals surface area contributed by atoms with Gasteiger partial charge in [-0.05, 0) is 42.8 Å². The summed E-state index contributed by atoms with van der Waals surface area (Å²) in [5.41, 5.74) is 3.63. The van der Waals surface area contributed by atoms with E-state index in [0.717, 1.165) is 27.3 Å². The summed E-state index contributed by atoms with van der Waals surface area (Å²) >= 11 is 0. The molecule has 33 heavy (non-hydrogen) atoms. The van der Waals surface area contributed by atoms with E-state index in [1.54, 1.807) is 44.6 Å². The lowest BCUT2D eigenvalue weighted by atomic mass is 9.86. The Morgan fingerprint density at radius 2 is 1.97 bits per heavy atom. The van der Waals surface area contributed by atoms with E-state index in [2.05, 4.69) is 9.97 Å². The quantitative estimate of drug-likeness (QED) is 0.309. The Morgan fingerprint density at radius 3 is 2.70 bits per heavy atom. The second kappa shape index (κ2) is 7.55. The van der Waals surface area contributed by atoms with Crippen LogP contribution in [0.4, 0.5) is 0 Å². The van der Waals surface area contributed by atoms with E-state index in [4.69, 9.17) is 16.0 Å². The fourth-order valence-electron chi connectivity index (χ4n) is 4.27. The first-order valence-electron chi connectivity index (χ1n) is 13.3. The van der Waals surface area contributed by atoms with Crippen LogP contribution in [0.5, 0.6) is 6.01 Å². The normalized spacial score (nSPS) is 15.3. The van der Waals surface area contributed by atoms with E-state index in [9.17, 15) is 0 Å². The maximum absolute atomic E-state index is 8.95. The first-order chi connectivity index (χ1) is 17.6. The van der Waals surface area contributed by atoms with Crippen molar-refractivity contribution in [2.75, 3.05) is 7.11 Å². The molecule has 0 aliphatic carbocycles. The molecule has 0 fully saturated rings. The first kappa shape index (κ1) is 16.2. The molecule has 2 aromatic carbocycles. The second-order valence-electron chi connectivity index (χ2n) is 9.47. The zero-order chi connectivity index (χ0) is 27.8. The van der Waals surface area contributed by atoms with Crippen molar-refractivity contribution < 1.29 is 20.6 Å². The predicted molar refractivity (Wildman–Crippen MR) is 133 cm³/mol. The van der Waals surface area contributed by atoms with Gasteiger partial charge in [0.1, 0.15) is 18.2 Å². The molecule has 5 nitrogen and oxygen atoms in total. The van der Waals surface area contributed by atoms with E-state index in [-0.39, 0.29) is 17.1 Å². The lowest BCUT2D eigenvalue weighted by molar-refractivity contribution is -0.660. The summed E-state index contributed by atoms with van der Waals surface area (Å²) in [5, 5.41) is 2.63. The standard InChI is InChI=1S/C28H30N3O2/c1-16-8-9-20-21-10-19-14-29-27(32-7)30-22(19)12-24(21)33-26(20)25(16)23-11-18(13-28(3,4)5)17(2)15-31(23)6/h8-12,14-15H,13H2,1-7H3/q+1/i2D3,13D2. The molecule has 0 N–H and O–H groups in total. The number of hydrogen-bond donors (Lipinski definition) is 0. The molecule has 0 unspecified atom stereocenters. The molecule has 0 saturated heterocycles. The van der Waals surface area contributed by atoms with E-state index < -0.39 is 18.6 Å². The zero-order valence-corrected chi connectivity index (χ0v) is 19.7. The Hall–Kier alpha value is -3.47. The molecule has 168 valence electrons. The third-order valence-corrected chi connectivity index (χ3v) is 5.75. The van der Waals surface area contributed by atoms with Gasteiger partial charge in [0.25, 0.3) is 0 Å². The number of nitrogens with zero attached hydrogens (tertiary/aromatic N) is 3. The number of aromatic nitrogens is 3. The molecule has 0 radical (unpaired) electrons. The highest BCUT2D eigenvalue weighted by molar-refractivity contribution is 6.12. The fourth-order valence-corrected chi connectivity index (χ4v) is 4.27. The van der Waals surface area contributed by atoms with E-state index >= 15 is 0 Å². The number of furan rings is 1. The summed E-state index contributed by atoms with van der Waals surface area (Å²) in [5.74, 6) is 0. The molecule has 0 atom stereocenters. The maximum atomic E-state index is 8.95. The van der Waals surface area contributed by atoms with Gasteiger partial charge in [-0.2, -0.15) is 4.98 Å². The van der Waals surface area contributed by atoms with E-state index in [1.165, 1.54) is 13.3 Å². The van der Waals surface area contributed by atoms with Gasteiger partial charge >= 0.3 is 6.01 Å². The van der Waals surface area contributed by atoms with Crippen molar-refractivity contribution in [3.05, 3.63) is 59.4 Å². The number of aryl methyl sites for hydroxylation is 3. The van der Waals surface area contributed by atoms with Crippen molar-refractivity contribution in [1.29, 1.82) is 0 Å². The highest BCUT2D eigenvalue weighted by Gasteiger charge is 2.24.